The number of halogens is 3. The Morgan fingerprint density at radius 3 is 2.60 bits per heavy atom. The molecule has 0 aliphatic carbocycles. The first-order valence-electron chi connectivity index (χ1n) is 6.67. The van der Waals surface area contributed by atoms with Crippen LogP contribution in [0.2, 0.25) is 10.0 Å². The maximum atomic E-state index is 14.1. The molecule has 25 heavy (non-hydrogen) atoms. The number of carbonyl (C=O) groups is 1. The fourth-order valence-corrected chi connectivity index (χ4v) is 2.60. The van der Waals surface area contributed by atoms with Crippen LogP contribution in [0.5, 0.6) is 17.2 Å². The molecule has 0 atom stereocenters. The number of aromatic nitrogens is 2. The van der Waals surface area contributed by atoms with Crippen molar-refractivity contribution in [3.63, 3.8) is 0 Å². The normalized spacial score (nSPS) is 10.7. The van der Waals surface area contributed by atoms with Gasteiger partial charge in [0, 0.05) is 0 Å². The molecule has 3 N–H and O–H groups in total. The van der Waals surface area contributed by atoms with Gasteiger partial charge in [-0.2, -0.15) is 0 Å². The van der Waals surface area contributed by atoms with Crippen LogP contribution in [0.15, 0.2) is 35.4 Å². The van der Waals surface area contributed by atoms with Crippen LogP contribution >= 0.6 is 23.2 Å². The van der Waals surface area contributed by atoms with Crippen molar-refractivity contribution in [1.82, 2.24) is 9.97 Å². The van der Waals surface area contributed by atoms with Crippen LogP contribution in [-0.2, 0) is 0 Å². The van der Waals surface area contributed by atoms with Crippen molar-refractivity contribution in [2.24, 2.45) is 5.73 Å². The summed E-state index contributed by atoms with van der Waals surface area (Å²) in [5.41, 5.74) is 4.76. The van der Waals surface area contributed by atoms with E-state index in [1.807, 2.05) is 0 Å². The molecule has 10 heteroatoms. The quantitative estimate of drug-likeness (QED) is 0.717. The molecule has 3 rings (SSSR count). The van der Waals surface area contributed by atoms with Crippen LogP contribution in [0.1, 0.15) is 0 Å². The Labute approximate surface area is 149 Å². The first-order valence-corrected chi connectivity index (χ1v) is 7.43. The average molecular weight is 384 g/mol. The van der Waals surface area contributed by atoms with Gasteiger partial charge in [-0.1, -0.05) is 23.2 Å². The summed E-state index contributed by atoms with van der Waals surface area (Å²) in [6.45, 7) is 0. The van der Waals surface area contributed by atoms with E-state index < -0.39 is 23.2 Å². The summed E-state index contributed by atoms with van der Waals surface area (Å²) in [4.78, 5) is 29.1. The second-order valence-electron chi connectivity index (χ2n) is 4.72. The maximum absolute atomic E-state index is 14.1. The van der Waals surface area contributed by atoms with E-state index in [-0.39, 0.29) is 26.9 Å². The monoisotopic (exact) mass is 383 g/mol. The standard InChI is InChI=1S/C15H8Cl2FN3O4/c16-11-8(4-2-7-10(11)14(22)21-5-20-7)24-13-6(18)1-3-9(12(13)17)25-15(19)23/h1-5H,(H2,19,23)(H,20,21,22). The number of nitrogens with two attached hydrogens (primary N) is 1. The molecule has 0 saturated carbocycles. The first-order chi connectivity index (χ1) is 11.9. The Bertz CT molecular complexity index is 1050. The number of fused-ring (bicyclic) bond motifs is 1. The number of primary amides is 1. The number of nitrogens with one attached hydrogen (secondary N) is 1. The van der Waals surface area contributed by atoms with Crippen molar-refractivity contribution in [1.29, 1.82) is 0 Å². The Kier molecular flexibility index (Phi) is 4.47. The fourth-order valence-electron chi connectivity index (χ4n) is 2.09. The van der Waals surface area contributed by atoms with Crippen LogP contribution in [0.3, 0.4) is 0 Å². The number of aromatic amines is 1. The first kappa shape index (κ1) is 17.0. The molecule has 1 heterocycles. The van der Waals surface area contributed by atoms with E-state index in [2.05, 4.69) is 14.7 Å². The molecule has 128 valence electrons. The molecular weight excluding hydrogens is 376 g/mol. The topological polar surface area (TPSA) is 107 Å². The van der Waals surface area contributed by atoms with Gasteiger partial charge in [0.1, 0.15) is 10.8 Å². The third-order valence-corrected chi connectivity index (χ3v) is 3.88. The number of rotatable bonds is 3. The van der Waals surface area contributed by atoms with Gasteiger partial charge in [0.2, 0.25) is 0 Å². The van der Waals surface area contributed by atoms with Crippen molar-refractivity contribution < 1.29 is 18.7 Å². The Balaban J connectivity index is 2.10. The number of carbonyl (C=O) groups excluding carboxylic acids is 1. The van der Waals surface area contributed by atoms with Crippen LogP contribution in [0.25, 0.3) is 10.9 Å². The minimum Gasteiger partial charge on any atom is -0.451 e. The van der Waals surface area contributed by atoms with E-state index in [1.165, 1.54) is 18.5 Å². The number of amides is 1. The lowest BCUT2D eigenvalue weighted by atomic mass is 10.2. The van der Waals surface area contributed by atoms with E-state index >= 15 is 0 Å². The number of nitrogens with zero attached hydrogens (tertiary/aromatic N) is 1. The number of hydrogen-bond acceptors (Lipinski definition) is 5. The largest absolute Gasteiger partial charge is 0.451 e. The maximum Gasteiger partial charge on any atom is 0.410 e. The zero-order chi connectivity index (χ0) is 18.1. The highest BCUT2D eigenvalue weighted by molar-refractivity contribution is 6.37. The zero-order valence-corrected chi connectivity index (χ0v) is 13.7. The molecule has 3 aromatic rings. The highest BCUT2D eigenvalue weighted by atomic mass is 35.5. The van der Waals surface area contributed by atoms with Gasteiger partial charge in [-0.3, -0.25) is 4.79 Å². The molecule has 0 bridgehead atoms. The second-order valence-corrected chi connectivity index (χ2v) is 5.47. The molecule has 7 nitrogen and oxygen atoms in total. The predicted octanol–water partition coefficient (Wildman–Crippen LogP) is 3.62. The lowest BCUT2D eigenvalue weighted by molar-refractivity contribution is 0.210. The summed E-state index contributed by atoms with van der Waals surface area (Å²) in [6.07, 6.45) is 0.101. The number of ether oxygens (including phenoxy) is 2. The summed E-state index contributed by atoms with van der Waals surface area (Å²) in [5, 5.41) is -0.332. The molecular formula is C15H8Cl2FN3O4. The number of H-pyrrole nitrogens is 1. The summed E-state index contributed by atoms with van der Waals surface area (Å²) in [5.74, 6) is -1.51. The van der Waals surface area contributed by atoms with Crippen molar-refractivity contribution in [2.45, 2.75) is 0 Å². The highest BCUT2D eigenvalue weighted by Crippen LogP contribution is 2.41. The highest BCUT2D eigenvalue weighted by Gasteiger charge is 2.19. The van der Waals surface area contributed by atoms with Crippen LogP contribution in [0, 0.1) is 5.82 Å². The van der Waals surface area contributed by atoms with Crippen molar-refractivity contribution in [3.8, 4) is 17.2 Å². The van der Waals surface area contributed by atoms with Gasteiger partial charge in [-0.15, -0.1) is 0 Å². The summed E-state index contributed by atoms with van der Waals surface area (Å²) in [7, 11) is 0. The Morgan fingerprint density at radius 1 is 1.16 bits per heavy atom. The third kappa shape index (κ3) is 3.21. The average Bonchev–Trinajstić information content (AvgIpc) is 2.56. The lowest BCUT2D eigenvalue weighted by Gasteiger charge is -2.13. The molecule has 0 unspecified atom stereocenters. The predicted molar refractivity (Wildman–Crippen MR) is 89.1 cm³/mol. The van der Waals surface area contributed by atoms with E-state index in [0.717, 1.165) is 12.1 Å². The van der Waals surface area contributed by atoms with E-state index in [0.29, 0.717) is 5.52 Å². The van der Waals surface area contributed by atoms with Crippen LogP contribution < -0.4 is 20.8 Å². The molecule has 0 aliphatic rings. The zero-order valence-electron chi connectivity index (χ0n) is 12.2. The SMILES string of the molecule is NC(=O)Oc1ccc(F)c(Oc2ccc3nc[nH]c(=O)c3c2Cl)c1Cl. The Morgan fingerprint density at radius 2 is 1.88 bits per heavy atom. The second kappa shape index (κ2) is 6.58. The minimum absolute atomic E-state index is 0.0373. The molecule has 0 radical (unpaired) electrons. The molecule has 1 amide bonds. The summed E-state index contributed by atoms with van der Waals surface area (Å²) in [6, 6.07) is 4.96. The van der Waals surface area contributed by atoms with Crippen LogP contribution in [0.4, 0.5) is 9.18 Å². The van der Waals surface area contributed by atoms with Gasteiger partial charge in [-0.05, 0) is 24.3 Å². The molecule has 0 aliphatic heterocycles. The van der Waals surface area contributed by atoms with E-state index in [9.17, 15) is 14.0 Å². The fraction of sp³-hybridized carbons (Fsp3) is 0. The molecule has 0 fully saturated rings. The van der Waals surface area contributed by atoms with Gasteiger partial charge in [0.15, 0.2) is 17.3 Å². The smallest absolute Gasteiger partial charge is 0.410 e. The van der Waals surface area contributed by atoms with Gasteiger partial charge < -0.3 is 20.2 Å². The van der Waals surface area contributed by atoms with E-state index in [4.69, 9.17) is 33.7 Å². The van der Waals surface area contributed by atoms with Crippen molar-refractivity contribution in [2.75, 3.05) is 0 Å². The van der Waals surface area contributed by atoms with Crippen molar-refractivity contribution in [3.05, 3.63) is 56.8 Å². The third-order valence-electron chi connectivity index (χ3n) is 3.15. The molecule has 0 spiro atoms. The van der Waals surface area contributed by atoms with Crippen molar-refractivity contribution >= 4 is 40.2 Å². The number of benzene rings is 2. The van der Waals surface area contributed by atoms with Crippen LogP contribution in [-0.4, -0.2) is 16.1 Å². The van der Waals surface area contributed by atoms with Gasteiger partial charge in [0.05, 0.1) is 22.3 Å². The number of hydrogen-bond donors (Lipinski definition) is 2. The van der Waals surface area contributed by atoms with Gasteiger partial charge in [0.25, 0.3) is 5.56 Å². The van der Waals surface area contributed by atoms with Gasteiger partial charge in [-0.25, -0.2) is 14.2 Å². The molecule has 0 saturated heterocycles. The summed E-state index contributed by atoms with van der Waals surface area (Å²) >= 11 is 12.2. The molecule has 2 aromatic carbocycles. The Hall–Kier alpha value is -2.84. The molecule has 1 aromatic heterocycles. The van der Waals surface area contributed by atoms with E-state index in [1.54, 1.807) is 0 Å². The minimum atomic E-state index is -1.12. The summed E-state index contributed by atoms with van der Waals surface area (Å²) < 4.78 is 24.1. The lowest BCUT2D eigenvalue weighted by Crippen LogP contribution is -2.16. The van der Waals surface area contributed by atoms with Gasteiger partial charge >= 0.3 is 6.09 Å².